The van der Waals surface area contributed by atoms with Gasteiger partial charge >= 0.3 is 0 Å². The molecule has 2 aromatic rings. The molecule has 0 saturated heterocycles. The molecule has 18 heavy (non-hydrogen) atoms. The van der Waals surface area contributed by atoms with Crippen molar-refractivity contribution in [2.45, 2.75) is 29.8 Å². The van der Waals surface area contributed by atoms with Gasteiger partial charge in [-0.1, -0.05) is 18.7 Å². The van der Waals surface area contributed by atoms with Crippen LogP contribution < -0.4 is 5.73 Å². The van der Waals surface area contributed by atoms with Crippen LogP contribution in [-0.4, -0.2) is 20.6 Å². The Kier molecular flexibility index (Phi) is 4.38. The van der Waals surface area contributed by atoms with E-state index >= 15 is 0 Å². The van der Waals surface area contributed by atoms with Crippen LogP contribution in [0.3, 0.4) is 0 Å². The van der Waals surface area contributed by atoms with Crippen LogP contribution in [0.25, 0.3) is 0 Å². The van der Waals surface area contributed by atoms with E-state index in [0.29, 0.717) is 0 Å². The highest BCUT2D eigenvalue weighted by Crippen LogP contribution is 2.36. The van der Waals surface area contributed by atoms with Crippen LogP contribution in [0.2, 0.25) is 0 Å². The zero-order valence-corrected chi connectivity index (χ0v) is 11.5. The summed E-state index contributed by atoms with van der Waals surface area (Å²) in [6, 6.07) is 4.15. The number of imidazole rings is 1. The molecule has 2 atom stereocenters. The van der Waals surface area contributed by atoms with Gasteiger partial charge < -0.3 is 10.3 Å². The van der Waals surface area contributed by atoms with Crippen molar-refractivity contribution in [2.75, 3.05) is 0 Å². The quantitative estimate of drug-likeness (QED) is 0.841. The number of hydrogen-bond donors (Lipinski definition) is 1. The second kappa shape index (κ2) is 6.02. The largest absolute Gasteiger partial charge is 0.329 e. The first-order valence-electron chi connectivity index (χ1n) is 6.02. The smallest absolute Gasteiger partial charge is 0.168 e. The second-order valence-electron chi connectivity index (χ2n) is 4.21. The maximum Gasteiger partial charge on any atom is 0.168 e. The number of nitrogens with two attached hydrogens (primary N) is 1. The van der Waals surface area contributed by atoms with Gasteiger partial charge in [0.1, 0.15) is 0 Å². The molecule has 0 bridgehead atoms. The lowest BCUT2D eigenvalue weighted by Crippen LogP contribution is -2.25. The summed E-state index contributed by atoms with van der Waals surface area (Å²) in [4.78, 5) is 8.41. The number of thioether (sulfide) groups is 1. The number of hydrogen-bond acceptors (Lipinski definition) is 4. The van der Waals surface area contributed by atoms with Gasteiger partial charge in [-0.3, -0.25) is 4.98 Å². The molecule has 0 aromatic carbocycles. The summed E-state index contributed by atoms with van der Waals surface area (Å²) in [6.45, 7) is 2.11. The highest BCUT2D eigenvalue weighted by molar-refractivity contribution is 7.99. The molecule has 0 spiro atoms. The monoisotopic (exact) mass is 262 g/mol. The lowest BCUT2D eigenvalue weighted by Gasteiger charge is -2.22. The van der Waals surface area contributed by atoms with Crippen LogP contribution in [0.5, 0.6) is 0 Å². The summed E-state index contributed by atoms with van der Waals surface area (Å²) in [7, 11) is 2.00. The summed E-state index contributed by atoms with van der Waals surface area (Å²) in [5.74, 6) is 0. The molecule has 0 amide bonds. The van der Waals surface area contributed by atoms with Crippen molar-refractivity contribution in [3.05, 3.63) is 42.5 Å². The van der Waals surface area contributed by atoms with Gasteiger partial charge in [-0.2, -0.15) is 0 Å². The average molecular weight is 262 g/mol. The molecule has 2 heterocycles. The summed E-state index contributed by atoms with van der Waals surface area (Å²) < 4.78 is 2.02. The van der Waals surface area contributed by atoms with Crippen LogP contribution in [-0.2, 0) is 7.05 Å². The lowest BCUT2D eigenvalue weighted by molar-refractivity contribution is 0.630. The first kappa shape index (κ1) is 13.1. The van der Waals surface area contributed by atoms with Crippen LogP contribution in [0, 0.1) is 0 Å². The van der Waals surface area contributed by atoms with E-state index in [1.54, 1.807) is 11.8 Å². The highest BCUT2D eigenvalue weighted by Gasteiger charge is 2.21. The molecule has 0 aliphatic heterocycles. The van der Waals surface area contributed by atoms with Crippen LogP contribution >= 0.6 is 11.8 Å². The van der Waals surface area contributed by atoms with Crippen molar-refractivity contribution in [3.63, 3.8) is 0 Å². The molecule has 2 rings (SSSR count). The molecule has 0 fully saturated rings. The third-order valence-corrected chi connectivity index (χ3v) is 4.38. The summed E-state index contributed by atoms with van der Waals surface area (Å²) in [6.07, 6.45) is 8.31. The van der Waals surface area contributed by atoms with Gasteiger partial charge in [-0.15, -0.1) is 0 Å². The minimum atomic E-state index is 0.106. The molecule has 0 radical (unpaired) electrons. The topological polar surface area (TPSA) is 56.7 Å². The van der Waals surface area contributed by atoms with Gasteiger partial charge in [-0.05, 0) is 24.1 Å². The van der Waals surface area contributed by atoms with E-state index in [4.69, 9.17) is 5.73 Å². The fourth-order valence-electron chi connectivity index (χ4n) is 1.75. The molecular formula is C13H18N4S. The van der Waals surface area contributed by atoms with E-state index in [0.717, 1.165) is 11.6 Å². The van der Waals surface area contributed by atoms with E-state index in [9.17, 15) is 0 Å². The van der Waals surface area contributed by atoms with E-state index in [2.05, 4.69) is 16.9 Å². The number of nitrogens with zero attached hydrogens (tertiary/aromatic N) is 3. The maximum atomic E-state index is 6.24. The van der Waals surface area contributed by atoms with E-state index < -0.39 is 0 Å². The summed E-state index contributed by atoms with van der Waals surface area (Å²) in [5, 5.41) is 1.19. The van der Waals surface area contributed by atoms with Gasteiger partial charge in [-0.25, -0.2) is 4.98 Å². The van der Waals surface area contributed by atoms with Gasteiger partial charge in [0.2, 0.25) is 0 Å². The van der Waals surface area contributed by atoms with Crippen molar-refractivity contribution in [3.8, 4) is 0 Å². The number of aromatic nitrogens is 3. The molecule has 96 valence electrons. The van der Waals surface area contributed by atoms with Crippen LogP contribution in [0.15, 0.2) is 42.1 Å². The standard InChI is InChI=1S/C13H18N4S/c1-3-11(14)12(10-4-6-15-7-5-10)18-13-16-8-9-17(13)2/h4-9,11-12H,3,14H2,1-2H3. The molecule has 2 N–H and O–H groups in total. The Morgan fingerprint density at radius 1 is 1.33 bits per heavy atom. The Balaban J connectivity index is 2.24. The van der Waals surface area contributed by atoms with Crippen molar-refractivity contribution in [1.82, 2.24) is 14.5 Å². The average Bonchev–Trinajstić information content (AvgIpc) is 2.81. The number of rotatable bonds is 5. The summed E-state index contributed by atoms with van der Waals surface area (Å²) >= 11 is 1.71. The van der Waals surface area contributed by atoms with Gasteiger partial charge in [0.05, 0.1) is 5.25 Å². The molecule has 4 nitrogen and oxygen atoms in total. The zero-order valence-electron chi connectivity index (χ0n) is 10.7. The Morgan fingerprint density at radius 2 is 2.06 bits per heavy atom. The van der Waals surface area contributed by atoms with Gasteiger partial charge in [0.25, 0.3) is 0 Å². The van der Waals surface area contributed by atoms with Gasteiger partial charge in [0, 0.05) is 37.9 Å². The van der Waals surface area contributed by atoms with Crippen molar-refractivity contribution < 1.29 is 0 Å². The van der Waals surface area contributed by atoms with Crippen molar-refractivity contribution >= 4 is 11.8 Å². The Labute approximate surface area is 112 Å². The fourth-order valence-corrected chi connectivity index (χ4v) is 2.99. The van der Waals surface area contributed by atoms with Crippen LogP contribution in [0.4, 0.5) is 0 Å². The first-order chi connectivity index (χ1) is 8.72. The minimum Gasteiger partial charge on any atom is -0.329 e. The SMILES string of the molecule is CCC(N)C(Sc1nccn1C)c1ccncc1. The summed E-state index contributed by atoms with van der Waals surface area (Å²) in [5.41, 5.74) is 7.44. The lowest BCUT2D eigenvalue weighted by atomic mass is 10.1. The van der Waals surface area contributed by atoms with E-state index in [1.807, 2.05) is 48.5 Å². The Hall–Kier alpha value is -1.33. The molecule has 0 aliphatic carbocycles. The van der Waals surface area contributed by atoms with E-state index in [1.165, 1.54) is 5.56 Å². The molecule has 5 heteroatoms. The second-order valence-corrected chi connectivity index (χ2v) is 5.32. The predicted molar refractivity (Wildman–Crippen MR) is 74.3 cm³/mol. The molecular weight excluding hydrogens is 244 g/mol. The number of aryl methyl sites for hydroxylation is 1. The molecule has 2 unspecified atom stereocenters. The number of pyridine rings is 1. The minimum absolute atomic E-state index is 0.106. The van der Waals surface area contributed by atoms with E-state index in [-0.39, 0.29) is 11.3 Å². The third kappa shape index (κ3) is 2.91. The highest BCUT2D eigenvalue weighted by atomic mass is 32.2. The van der Waals surface area contributed by atoms with Crippen molar-refractivity contribution in [1.29, 1.82) is 0 Å². The fraction of sp³-hybridized carbons (Fsp3) is 0.385. The van der Waals surface area contributed by atoms with Crippen LogP contribution in [0.1, 0.15) is 24.2 Å². The Morgan fingerprint density at radius 3 is 2.61 bits per heavy atom. The maximum absolute atomic E-state index is 6.24. The van der Waals surface area contributed by atoms with Gasteiger partial charge in [0.15, 0.2) is 5.16 Å². The molecule has 0 aliphatic rings. The third-order valence-electron chi connectivity index (χ3n) is 2.90. The Bertz CT molecular complexity index is 483. The van der Waals surface area contributed by atoms with Crippen molar-refractivity contribution in [2.24, 2.45) is 12.8 Å². The normalized spacial score (nSPS) is 14.4. The molecule has 0 saturated carbocycles. The predicted octanol–water partition coefficient (Wildman–Crippen LogP) is 2.39. The zero-order chi connectivity index (χ0) is 13.0. The molecule has 2 aromatic heterocycles. The first-order valence-corrected chi connectivity index (χ1v) is 6.89.